The lowest BCUT2D eigenvalue weighted by Crippen LogP contribution is -2.40. The highest BCUT2D eigenvalue weighted by atomic mass is 35.5. The largest absolute Gasteiger partial charge is 0.386 e. The van der Waals surface area contributed by atoms with Gasteiger partial charge in [0.1, 0.15) is 17.7 Å². The second kappa shape index (κ2) is 8.59. The number of anilines is 1. The minimum Gasteiger partial charge on any atom is -0.386 e. The van der Waals surface area contributed by atoms with Gasteiger partial charge in [0.2, 0.25) is 0 Å². The predicted octanol–water partition coefficient (Wildman–Crippen LogP) is 4.12. The number of aromatic nitrogens is 3. The van der Waals surface area contributed by atoms with Crippen molar-refractivity contribution in [3.63, 3.8) is 0 Å². The molecule has 0 saturated carbocycles. The number of carbonyl (C=O) groups is 1. The number of aliphatic hydroxyl groups excluding tert-OH is 1. The number of aliphatic hydroxyl groups is 1. The number of nitrogens with zero attached hydrogens (tertiary/aromatic N) is 2. The fourth-order valence-corrected chi connectivity index (χ4v) is 3.13. The second-order valence-corrected chi connectivity index (χ2v) is 7.15. The van der Waals surface area contributed by atoms with E-state index in [0.29, 0.717) is 17.3 Å². The van der Waals surface area contributed by atoms with Crippen molar-refractivity contribution in [3.05, 3.63) is 64.2 Å². The number of hydrogen-bond donors (Lipinski definition) is 4. The first kappa shape index (κ1) is 20.8. The SMILES string of the molecule is Cc1nc(-c2ccc(C)c(NC(=O)NC(C)C(O)c3c(F)cccc3Cl)c2)n[nH]1. The lowest BCUT2D eigenvalue weighted by molar-refractivity contribution is 0.135. The maximum absolute atomic E-state index is 14.0. The predicted molar refractivity (Wildman–Crippen MR) is 109 cm³/mol. The topological polar surface area (TPSA) is 103 Å². The molecular formula is C20H21ClFN5O2. The van der Waals surface area contributed by atoms with E-state index in [4.69, 9.17) is 11.6 Å². The molecule has 0 bridgehead atoms. The first-order valence-corrected chi connectivity index (χ1v) is 9.33. The number of carbonyl (C=O) groups excluding carboxylic acids is 1. The molecule has 1 aromatic heterocycles. The minimum atomic E-state index is -1.31. The average Bonchev–Trinajstić information content (AvgIpc) is 3.09. The summed E-state index contributed by atoms with van der Waals surface area (Å²) in [5.41, 5.74) is 2.08. The molecule has 3 aromatic rings. The molecule has 0 aliphatic carbocycles. The summed E-state index contributed by atoms with van der Waals surface area (Å²) >= 11 is 5.99. The Bertz CT molecular complexity index is 1020. The Balaban J connectivity index is 1.72. The number of halogens is 2. The molecule has 29 heavy (non-hydrogen) atoms. The van der Waals surface area contributed by atoms with Crippen molar-refractivity contribution >= 4 is 23.3 Å². The standard InChI is InChI=1S/C20H21ClFN5O2/c1-10-7-8-13(19-24-12(3)26-27-19)9-16(10)25-20(29)23-11(2)18(28)17-14(21)5-4-6-15(17)22/h4-9,11,18,28H,1-3H3,(H2,23,25,29)(H,24,26,27). The third kappa shape index (κ3) is 4.72. The van der Waals surface area contributed by atoms with Crippen LogP contribution in [-0.4, -0.2) is 32.4 Å². The van der Waals surface area contributed by atoms with Crippen molar-refractivity contribution in [1.82, 2.24) is 20.5 Å². The zero-order valence-electron chi connectivity index (χ0n) is 16.1. The van der Waals surface area contributed by atoms with Crippen LogP contribution in [0.15, 0.2) is 36.4 Å². The van der Waals surface area contributed by atoms with Gasteiger partial charge in [0, 0.05) is 21.8 Å². The molecule has 7 nitrogen and oxygen atoms in total. The summed E-state index contributed by atoms with van der Waals surface area (Å²) in [5.74, 6) is 0.566. The zero-order chi connectivity index (χ0) is 21.1. The molecule has 152 valence electrons. The summed E-state index contributed by atoms with van der Waals surface area (Å²) in [6.45, 7) is 5.21. The number of H-pyrrole nitrogens is 1. The highest BCUT2D eigenvalue weighted by Crippen LogP contribution is 2.28. The molecule has 0 spiro atoms. The highest BCUT2D eigenvalue weighted by molar-refractivity contribution is 6.31. The van der Waals surface area contributed by atoms with Gasteiger partial charge in [-0.05, 0) is 44.5 Å². The molecule has 4 N–H and O–H groups in total. The van der Waals surface area contributed by atoms with Crippen molar-refractivity contribution in [2.45, 2.75) is 32.9 Å². The Hall–Kier alpha value is -2.97. The Kier molecular flexibility index (Phi) is 6.14. The molecular weight excluding hydrogens is 397 g/mol. The van der Waals surface area contributed by atoms with Crippen LogP contribution in [0.25, 0.3) is 11.4 Å². The van der Waals surface area contributed by atoms with E-state index in [1.54, 1.807) is 19.9 Å². The number of aryl methyl sites for hydroxylation is 2. The third-order valence-corrected chi connectivity index (χ3v) is 4.80. The third-order valence-electron chi connectivity index (χ3n) is 4.47. The number of rotatable bonds is 5. The van der Waals surface area contributed by atoms with Crippen LogP contribution in [0.4, 0.5) is 14.9 Å². The molecule has 0 aliphatic rings. The smallest absolute Gasteiger partial charge is 0.319 e. The highest BCUT2D eigenvalue weighted by Gasteiger charge is 2.24. The fourth-order valence-electron chi connectivity index (χ4n) is 2.85. The number of urea groups is 1. The summed E-state index contributed by atoms with van der Waals surface area (Å²) in [4.78, 5) is 16.7. The minimum absolute atomic E-state index is 0.0554. The zero-order valence-corrected chi connectivity index (χ0v) is 16.9. The van der Waals surface area contributed by atoms with E-state index in [0.717, 1.165) is 11.1 Å². The Morgan fingerprint density at radius 3 is 2.69 bits per heavy atom. The van der Waals surface area contributed by atoms with Crippen molar-refractivity contribution < 1.29 is 14.3 Å². The van der Waals surface area contributed by atoms with Crippen LogP contribution in [0, 0.1) is 19.7 Å². The fraction of sp³-hybridized carbons (Fsp3) is 0.250. The van der Waals surface area contributed by atoms with Gasteiger partial charge < -0.3 is 15.7 Å². The van der Waals surface area contributed by atoms with Crippen molar-refractivity contribution in [3.8, 4) is 11.4 Å². The number of benzene rings is 2. The van der Waals surface area contributed by atoms with Gasteiger partial charge in [-0.1, -0.05) is 29.8 Å². The molecule has 0 aliphatic heterocycles. The maximum Gasteiger partial charge on any atom is 0.319 e. The van der Waals surface area contributed by atoms with Gasteiger partial charge in [0.15, 0.2) is 5.82 Å². The molecule has 2 amide bonds. The molecule has 9 heteroatoms. The van der Waals surface area contributed by atoms with Crippen LogP contribution < -0.4 is 10.6 Å². The van der Waals surface area contributed by atoms with E-state index in [-0.39, 0.29) is 10.6 Å². The van der Waals surface area contributed by atoms with Crippen LogP contribution >= 0.6 is 11.6 Å². The first-order chi connectivity index (χ1) is 13.8. The Morgan fingerprint density at radius 1 is 1.28 bits per heavy atom. The van der Waals surface area contributed by atoms with Crippen molar-refractivity contribution in [2.24, 2.45) is 0 Å². The number of nitrogens with one attached hydrogen (secondary N) is 3. The van der Waals surface area contributed by atoms with Gasteiger partial charge >= 0.3 is 6.03 Å². The Labute approximate surface area is 172 Å². The van der Waals surface area contributed by atoms with Gasteiger partial charge in [-0.3, -0.25) is 5.10 Å². The average molecular weight is 418 g/mol. The normalized spacial score (nSPS) is 13.0. The van der Waals surface area contributed by atoms with Crippen LogP contribution in [0.3, 0.4) is 0 Å². The number of amides is 2. The Morgan fingerprint density at radius 2 is 2.03 bits per heavy atom. The monoisotopic (exact) mass is 417 g/mol. The molecule has 2 aromatic carbocycles. The van der Waals surface area contributed by atoms with Gasteiger partial charge in [-0.25, -0.2) is 14.2 Å². The van der Waals surface area contributed by atoms with Gasteiger partial charge in [0.25, 0.3) is 0 Å². The quantitative estimate of drug-likeness (QED) is 0.501. The van der Waals surface area contributed by atoms with Crippen LogP contribution in [-0.2, 0) is 0 Å². The molecule has 0 radical (unpaired) electrons. The van der Waals surface area contributed by atoms with E-state index in [9.17, 15) is 14.3 Å². The van der Waals surface area contributed by atoms with E-state index >= 15 is 0 Å². The summed E-state index contributed by atoms with van der Waals surface area (Å²) in [6.07, 6.45) is -1.31. The van der Waals surface area contributed by atoms with E-state index in [1.807, 2.05) is 19.1 Å². The molecule has 3 rings (SSSR count). The number of hydrogen-bond acceptors (Lipinski definition) is 4. The maximum atomic E-state index is 14.0. The molecule has 2 atom stereocenters. The number of aromatic amines is 1. The molecule has 1 heterocycles. The van der Waals surface area contributed by atoms with Crippen molar-refractivity contribution in [2.75, 3.05) is 5.32 Å². The summed E-state index contributed by atoms with van der Waals surface area (Å²) in [6, 6.07) is 8.25. The van der Waals surface area contributed by atoms with Crippen molar-refractivity contribution in [1.29, 1.82) is 0 Å². The molecule has 2 unspecified atom stereocenters. The van der Waals surface area contributed by atoms with Crippen LogP contribution in [0.1, 0.15) is 30.0 Å². The van der Waals surface area contributed by atoms with Gasteiger partial charge in [-0.15, -0.1) is 0 Å². The molecule has 0 fully saturated rings. The lowest BCUT2D eigenvalue weighted by atomic mass is 10.0. The molecule has 0 saturated heterocycles. The van der Waals surface area contributed by atoms with E-state index in [1.165, 1.54) is 18.2 Å². The first-order valence-electron chi connectivity index (χ1n) is 8.95. The second-order valence-electron chi connectivity index (χ2n) is 6.74. The van der Waals surface area contributed by atoms with Gasteiger partial charge in [0.05, 0.1) is 6.04 Å². The summed E-state index contributed by atoms with van der Waals surface area (Å²) in [7, 11) is 0. The summed E-state index contributed by atoms with van der Waals surface area (Å²) in [5, 5.41) is 22.8. The van der Waals surface area contributed by atoms with Gasteiger partial charge in [-0.2, -0.15) is 5.10 Å². The van der Waals surface area contributed by atoms with E-state index in [2.05, 4.69) is 25.8 Å². The summed E-state index contributed by atoms with van der Waals surface area (Å²) < 4.78 is 14.0. The van der Waals surface area contributed by atoms with E-state index < -0.39 is 24.0 Å². The van der Waals surface area contributed by atoms with Crippen LogP contribution in [0.2, 0.25) is 5.02 Å². The lowest BCUT2D eigenvalue weighted by Gasteiger charge is -2.22. The van der Waals surface area contributed by atoms with Crippen LogP contribution in [0.5, 0.6) is 0 Å².